The monoisotopic (exact) mass is 312 g/mol. The predicted molar refractivity (Wildman–Crippen MR) is 82.3 cm³/mol. The van der Waals surface area contributed by atoms with Crippen LogP contribution >= 0.6 is 35.0 Å². The number of hydrogen-bond acceptors (Lipinski definition) is 3. The second-order valence-corrected chi connectivity index (χ2v) is 6.05. The number of pyridine rings is 1. The molecule has 100 valence electrons. The molecule has 1 aromatic carbocycles. The van der Waals surface area contributed by atoms with Crippen molar-refractivity contribution in [2.24, 2.45) is 0 Å². The van der Waals surface area contributed by atoms with Crippen LogP contribution in [0.25, 0.3) is 0 Å². The largest absolute Gasteiger partial charge is 0.316 e. The van der Waals surface area contributed by atoms with E-state index in [4.69, 9.17) is 23.2 Å². The Bertz CT molecular complexity index is 588. The van der Waals surface area contributed by atoms with Gasteiger partial charge in [0, 0.05) is 17.6 Å². The van der Waals surface area contributed by atoms with E-state index in [1.807, 2.05) is 25.4 Å². The molecule has 1 aromatic heterocycles. The molecule has 0 saturated carbocycles. The van der Waals surface area contributed by atoms with Crippen LogP contribution in [0.1, 0.15) is 11.1 Å². The number of aromatic nitrogens is 1. The highest BCUT2D eigenvalue weighted by atomic mass is 35.5. The predicted octanol–water partition coefficient (Wildman–Crippen LogP) is 4.57. The average molecular weight is 313 g/mol. The molecular weight excluding hydrogens is 299 g/mol. The minimum absolute atomic E-state index is 0.566. The number of nitrogens with zero attached hydrogens (tertiary/aromatic N) is 1. The summed E-state index contributed by atoms with van der Waals surface area (Å²) in [4.78, 5) is 5.52. The van der Waals surface area contributed by atoms with Crippen molar-refractivity contribution >= 4 is 35.0 Å². The van der Waals surface area contributed by atoms with Gasteiger partial charge in [0.1, 0.15) is 5.03 Å². The Hall–Kier alpha value is -0.740. The fraction of sp³-hybridized carbons (Fsp3) is 0.214. The third kappa shape index (κ3) is 3.86. The molecule has 0 aliphatic carbocycles. The Morgan fingerprint density at radius 2 is 2.00 bits per heavy atom. The molecule has 0 unspecified atom stereocenters. The minimum atomic E-state index is 0.566. The number of hydrogen-bond donors (Lipinski definition) is 1. The molecule has 2 nitrogen and oxygen atoms in total. The molecule has 0 fully saturated rings. The molecule has 0 bridgehead atoms. The van der Waals surface area contributed by atoms with Gasteiger partial charge in [0.15, 0.2) is 0 Å². The van der Waals surface area contributed by atoms with Crippen LogP contribution in [0.15, 0.2) is 40.4 Å². The van der Waals surface area contributed by atoms with Crippen molar-refractivity contribution in [2.45, 2.75) is 23.4 Å². The highest BCUT2D eigenvalue weighted by Crippen LogP contribution is 2.33. The van der Waals surface area contributed by atoms with Crippen LogP contribution in [0.2, 0.25) is 10.0 Å². The van der Waals surface area contributed by atoms with Gasteiger partial charge in [-0.3, -0.25) is 0 Å². The van der Waals surface area contributed by atoms with E-state index in [1.54, 1.807) is 17.8 Å². The van der Waals surface area contributed by atoms with E-state index in [1.165, 1.54) is 5.56 Å². The third-order valence-corrected chi connectivity index (χ3v) is 4.42. The van der Waals surface area contributed by atoms with Crippen LogP contribution in [0.5, 0.6) is 0 Å². The summed E-state index contributed by atoms with van der Waals surface area (Å²) in [6, 6.07) is 7.75. The van der Waals surface area contributed by atoms with Gasteiger partial charge in [0.25, 0.3) is 0 Å². The van der Waals surface area contributed by atoms with E-state index in [0.29, 0.717) is 10.0 Å². The molecule has 0 spiro atoms. The standard InChI is InChI=1S/C14H14Cl2N2S/c1-9-5-10(7-17-2)8-18-14(9)19-11-3-4-12(15)13(16)6-11/h3-6,8,17H,7H2,1-2H3. The van der Waals surface area contributed by atoms with Crippen LogP contribution in [-0.2, 0) is 6.54 Å². The van der Waals surface area contributed by atoms with Gasteiger partial charge >= 0.3 is 0 Å². The Kier molecular flexibility index (Phi) is 5.11. The summed E-state index contributed by atoms with van der Waals surface area (Å²) in [7, 11) is 1.92. The van der Waals surface area contributed by atoms with Crippen LogP contribution in [0.3, 0.4) is 0 Å². The molecule has 2 aromatic rings. The van der Waals surface area contributed by atoms with E-state index in [9.17, 15) is 0 Å². The molecular formula is C14H14Cl2N2S. The van der Waals surface area contributed by atoms with E-state index in [0.717, 1.165) is 22.0 Å². The molecule has 5 heteroatoms. The average Bonchev–Trinajstić information content (AvgIpc) is 2.37. The number of nitrogens with one attached hydrogen (secondary N) is 1. The molecule has 2 rings (SSSR count). The first kappa shape index (κ1) is 14.7. The molecule has 0 aliphatic heterocycles. The first-order valence-corrected chi connectivity index (χ1v) is 7.40. The molecule has 0 amide bonds. The Balaban J connectivity index is 2.20. The SMILES string of the molecule is CNCc1cnc(Sc2ccc(Cl)c(Cl)c2)c(C)c1. The molecule has 0 radical (unpaired) electrons. The van der Waals surface area contributed by atoms with Gasteiger partial charge in [-0.05, 0) is 43.3 Å². The van der Waals surface area contributed by atoms with Gasteiger partial charge in [0.05, 0.1) is 10.0 Å². The molecule has 0 aliphatic rings. The van der Waals surface area contributed by atoms with Crippen molar-refractivity contribution in [1.82, 2.24) is 10.3 Å². The van der Waals surface area contributed by atoms with Gasteiger partial charge in [-0.1, -0.05) is 41.0 Å². The van der Waals surface area contributed by atoms with Crippen molar-refractivity contribution in [2.75, 3.05) is 7.05 Å². The van der Waals surface area contributed by atoms with Crippen molar-refractivity contribution in [1.29, 1.82) is 0 Å². The summed E-state index contributed by atoms with van der Waals surface area (Å²) >= 11 is 13.5. The second kappa shape index (κ2) is 6.62. The normalized spacial score (nSPS) is 10.7. The number of halogens is 2. The number of benzene rings is 1. The van der Waals surface area contributed by atoms with Crippen molar-refractivity contribution in [3.8, 4) is 0 Å². The van der Waals surface area contributed by atoms with Crippen molar-refractivity contribution in [3.05, 3.63) is 51.6 Å². The quantitative estimate of drug-likeness (QED) is 0.895. The first-order chi connectivity index (χ1) is 9.10. The summed E-state index contributed by atoms with van der Waals surface area (Å²) in [6.45, 7) is 2.89. The lowest BCUT2D eigenvalue weighted by Gasteiger charge is -2.07. The van der Waals surface area contributed by atoms with Crippen molar-refractivity contribution in [3.63, 3.8) is 0 Å². The van der Waals surface area contributed by atoms with Gasteiger partial charge in [0.2, 0.25) is 0 Å². The summed E-state index contributed by atoms with van der Waals surface area (Å²) in [5.41, 5.74) is 2.34. The van der Waals surface area contributed by atoms with E-state index < -0.39 is 0 Å². The number of aryl methyl sites for hydroxylation is 1. The van der Waals surface area contributed by atoms with Crippen LogP contribution < -0.4 is 5.32 Å². The Morgan fingerprint density at radius 3 is 2.63 bits per heavy atom. The topological polar surface area (TPSA) is 24.9 Å². The lowest BCUT2D eigenvalue weighted by atomic mass is 10.2. The Morgan fingerprint density at radius 1 is 1.21 bits per heavy atom. The summed E-state index contributed by atoms with van der Waals surface area (Å²) in [5.74, 6) is 0. The maximum absolute atomic E-state index is 6.01. The third-order valence-electron chi connectivity index (χ3n) is 2.57. The molecule has 1 N–H and O–H groups in total. The van der Waals surface area contributed by atoms with E-state index in [2.05, 4.69) is 23.3 Å². The molecule has 0 atom stereocenters. The lowest BCUT2D eigenvalue weighted by molar-refractivity contribution is 0.807. The van der Waals surface area contributed by atoms with Crippen LogP contribution in [0, 0.1) is 6.92 Å². The summed E-state index contributed by atoms with van der Waals surface area (Å²) in [5, 5.41) is 5.23. The first-order valence-electron chi connectivity index (χ1n) is 5.83. The van der Waals surface area contributed by atoms with Gasteiger partial charge in [-0.15, -0.1) is 0 Å². The van der Waals surface area contributed by atoms with Gasteiger partial charge in [-0.25, -0.2) is 4.98 Å². The zero-order valence-electron chi connectivity index (χ0n) is 10.7. The minimum Gasteiger partial charge on any atom is -0.316 e. The second-order valence-electron chi connectivity index (χ2n) is 4.17. The maximum Gasteiger partial charge on any atom is 0.104 e. The Labute approximate surface area is 127 Å². The highest BCUT2D eigenvalue weighted by Gasteiger charge is 2.06. The van der Waals surface area contributed by atoms with Crippen molar-refractivity contribution < 1.29 is 0 Å². The van der Waals surface area contributed by atoms with Crippen LogP contribution in [0.4, 0.5) is 0 Å². The summed E-state index contributed by atoms with van der Waals surface area (Å²) < 4.78 is 0. The summed E-state index contributed by atoms with van der Waals surface area (Å²) in [6.07, 6.45) is 1.89. The van der Waals surface area contributed by atoms with E-state index >= 15 is 0 Å². The van der Waals surface area contributed by atoms with Crippen LogP contribution in [-0.4, -0.2) is 12.0 Å². The molecule has 19 heavy (non-hydrogen) atoms. The van der Waals surface area contributed by atoms with E-state index in [-0.39, 0.29) is 0 Å². The lowest BCUT2D eigenvalue weighted by Crippen LogP contribution is -2.05. The smallest absolute Gasteiger partial charge is 0.104 e. The zero-order valence-corrected chi connectivity index (χ0v) is 13.0. The molecule has 1 heterocycles. The number of rotatable bonds is 4. The maximum atomic E-state index is 6.01. The fourth-order valence-corrected chi connectivity index (χ4v) is 2.90. The van der Waals surface area contributed by atoms with Gasteiger partial charge in [-0.2, -0.15) is 0 Å². The zero-order chi connectivity index (χ0) is 13.8. The highest BCUT2D eigenvalue weighted by molar-refractivity contribution is 7.99. The van der Waals surface area contributed by atoms with Gasteiger partial charge < -0.3 is 5.32 Å². The fourth-order valence-electron chi connectivity index (χ4n) is 1.68. The molecule has 0 saturated heterocycles.